The molecule has 0 heterocycles. The van der Waals surface area contributed by atoms with E-state index in [9.17, 15) is 30.7 Å². The second-order valence-electron chi connectivity index (χ2n) is 4.80. The first-order valence-corrected chi connectivity index (χ1v) is 6.46. The number of alkyl halides is 2. The Hall–Kier alpha value is -2.51. The first-order valence-electron chi connectivity index (χ1n) is 6.46. The number of aryl methyl sites for hydroxylation is 1. The van der Waals surface area contributed by atoms with E-state index in [1.807, 2.05) is 0 Å². The van der Waals surface area contributed by atoms with Crippen LogP contribution in [0.4, 0.5) is 30.7 Å². The Morgan fingerprint density at radius 1 is 0.875 bits per heavy atom. The Balaban J connectivity index is 2.41. The smallest absolute Gasteiger partial charge is 0.424 e. The van der Waals surface area contributed by atoms with Gasteiger partial charge >= 0.3 is 12.2 Å². The second-order valence-corrected chi connectivity index (χ2v) is 4.80. The van der Waals surface area contributed by atoms with E-state index in [1.165, 1.54) is 12.1 Å². The molecule has 0 aromatic heterocycles. The van der Waals surface area contributed by atoms with Crippen molar-refractivity contribution in [3.8, 4) is 16.9 Å². The van der Waals surface area contributed by atoms with Crippen LogP contribution in [-0.4, -0.2) is 6.11 Å². The van der Waals surface area contributed by atoms with Crippen molar-refractivity contribution in [2.45, 2.75) is 13.0 Å². The first kappa shape index (κ1) is 17.8. The molecule has 0 aliphatic heterocycles. The zero-order valence-electron chi connectivity index (χ0n) is 12.0. The van der Waals surface area contributed by atoms with E-state index in [0.29, 0.717) is 6.07 Å². The highest BCUT2D eigenvalue weighted by Gasteiger charge is 2.43. The van der Waals surface area contributed by atoms with E-state index in [0.717, 1.165) is 11.6 Å². The van der Waals surface area contributed by atoms with Crippen LogP contribution in [0.2, 0.25) is 0 Å². The molecule has 2 rings (SSSR count). The topological polar surface area (TPSA) is 9.23 Å². The summed E-state index contributed by atoms with van der Waals surface area (Å²) >= 11 is 0. The molecular formula is C16H9F7O. The number of halogens is 7. The molecule has 0 radical (unpaired) electrons. The zero-order chi connectivity index (χ0) is 18.1. The average molecular weight is 350 g/mol. The highest BCUT2D eigenvalue weighted by molar-refractivity contribution is 5.65. The maximum absolute atomic E-state index is 14.0. The van der Waals surface area contributed by atoms with Gasteiger partial charge in [-0.2, -0.15) is 26.3 Å². The highest BCUT2D eigenvalue weighted by Crippen LogP contribution is 2.36. The molecule has 0 amide bonds. The third-order valence-electron chi connectivity index (χ3n) is 3.07. The summed E-state index contributed by atoms with van der Waals surface area (Å²) in [5, 5.41) is 0. The average Bonchev–Trinajstić information content (AvgIpc) is 2.52. The lowest BCUT2D eigenvalue weighted by molar-refractivity contribution is -0.161. The predicted octanol–water partition coefficient (Wildman–Crippen LogP) is 5.99. The molecule has 24 heavy (non-hydrogen) atoms. The minimum absolute atomic E-state index is 0.254. The minimum atomic E-state index is -5.13. The van der Waals surface area contributed by atoms with Crippen molar-refractivity contribution in [1.29, 1.82) is 0 Å². The predicted molar refractivity (Wildman–Crippen MR) is 72.5 cm³/mol. The van der Waals surface area contributed by atoms with Crippen molar-refractivity contribution in [2.24, 2.45) is 0 Å². The number of ether oxygens (including phenoxy) is 1. The molecule has 8 heteroatoms. The summed E-state index contributed by atoms with van der Waals surface area (Å²) in [6, 6.07) is 7.71. The lowest BCUT2D eigenvalue weighted by Crippen LogP contribution is -2.26. The number of rotatable bonds is 4. The summed E-state index contributed by atoms with van der Waals surface area (Å²) in [6.07, 6.45) is -8.45. The summed E-state index contributed by atoms with van der Waals surface area (Å²) in [5.41, 5.74) is 0.863. The summed E-state index contributed by atoms with van der Waals surface area (Å²) in [6.45, 7) is 1.77. The van der Waals surface area contributed by atoms with Crippen LogP contribution in [0.5, 0.6) is 5.75 Å². The van der Waals surface area contributed by atoms with Crippen molar-refractivity contribution in [1.82, 2.24) is 0 Å². The van der Waals surface area contributed by atoms with Crippen LogP contribution >= 0.6 is 0 Å². The lowest BCUT2D eigenvalue weighted by Gasteiger charge is -2.17. The fourth-order valence-electron chi connectivity index (χ4n) is 1.86. The van der Waals surface area contributed by atoms with Crippen LogP contribution in [0.1, 0.15) is 5.56 Å². The molecular weight excluding hydrogens is 341 g/mol. The van der Waals surface area contributed by atoms with Crippen molar-refractivity contribution < 1.29 is 35.5 Å². The quantitative estimate of drug-likeness (QED) is 0.616. The van der Waals surface area contributed by atoms with Gasteiger partial charge in [-0.15, -0.1) is 0 Å². The molecule has 0 bridgehead atoms. The second kappa shape index (κ2) is 6.54. The normalized spacial score (nSPS) is 11.3. The molecule has 0 unspecified atom stereocenters. The Labute approximate surface area is 132 Å². The number of hydrogen-bond acceptors (Lipinski definition) is 1. The molecule has 1 nitrogen and oxygen atoms in total. The van der Waals surface area contributed by atoms with Gasteiger partial charge < -0.3 is 4.74 Å². The Bertz CT molecular complexity index is 778. The van der Waals surface area contributed by atoms with Gasteiger partial charge in [0.1, 0.15) is 0 Å². The summed E-state index contributed by atoms with van der Waals surface area (Å²) in [5.74, 6) is -7.95. The molecule has 0 fully saturated rings. The van der Waals surface area contributed by atoms with E-state index < -0.39 is 35.4 Å². The highest BCUT2D eigenvalue weighted by atomic mass is 19.3. The van der Waals surface area contributed by atoms with Crippen LogP contribution in [0.25, 0.3) is 11.1 Å². The van der Waals surface area contributed by atoms with Crippen LogP contribution in [0, 0.1) is 18.6 Å². The lowest BCUT2D eigenvalue weighted by atomic mass is 10.0. The summed E-state index contributed by atoms with van der Waals surface area (Å²) in [4.78, 5) is 0. The van der Waals surface area contributed by atoms with Crippen LogP contribution in [-0.2, 0) is 0 Å². The van der Waals surface area contributed by atoms with Gasteiger partial charge in [-0.25, -0.2) is 4.39 Å². The third kappa shape index (κ3) is 3.52. The van der Waals surface area contributed by atoms with E-state index in [2.05, 4.69) is 4.74 Å². The molecule has 0 spiro atoms. The van der Waals surface area contributed by atoms with Crippen molar-refractivity contribution in [3.63, 3.8) is 0 Å². The van der Waals surface area contributed by atoms with Gasteiger partial charge in [0.15, 0.2) is 11.6 Å². The SMILES string of the molecule is Cc1ccc(-c2ccc(OC(F)(F)C(F)=C(F)F)c(F)c2F)cc1. The van der Waals surface area contributed by atoms with Gasteiger partial charge in [0.25, 0.3) is 5.83 Å². The third-order valence-corrected chi connectivity index (χ3v) is 3.07. The molecule has 0 N–H and O–H groups in total. The molecule has 2 aromatic rings. The molecule has 0 aliphatic rings. The van der Waals surface area contributed by atoms with Gasteiger partial charge in [0.2, 0.25) is 5.82 Å². The van der Waals surface area contributed by atoms with E-state index >= 15 is 0 Å². The fourth-order valence-corrected chi connectivity index (χ4v) is 1.86. The van der Waals surface area contributed by atoms with Gasteiger partial charge in [0.05, 0.1) is 0 Å². The van der Waals surface area contributed by atoms with Crippen molar-refractivity contribution in [2.75, 3.05) is 0 Å². The standard InChI is InChI=1S/C16H9F7O/c1-8-2-4-9(5-3-8)10-6-7-11(13(18)12(10)17)24-16(22,23)14(19)15(20)21/h2-7H,1H3. The van der Waals surface area contributed by atoms with Crippen LogP contribution in [0.3, 0.4) is 0 Å². The molecule has 0 saturated carbocycles. The monoisotopic (exact) mass is 350 g/mol. The molecule has 128 valence electrons. The van der Waals surface area contributed by atoms with Gasteiger partial charge in [-0.3, -0.25) is 0 Å². The van der Waals surface area contributed by atoms with E-state index in [4.69, 9.17) is 0 Å². The van der Waals surface area contributed by atoms with Gasteiger partial charge in [-0.05, 0) is 24.6 Å². The van der Waals surface area contributed by atoms with Gasteiger partial charge in [0, 0.05) is 5.56 Å². The fraction of sp³-hybridized carbons (Fsp3) is 0.125. The zero-order valence-corrected chi connectivity index (χ0v) is 12.0. The van der Waals surface area contributed by atoms with E-state index in [1.54, 1.807) is 19.1 Å². The maximum atomic E-state index is 14.0. The largest absolute Gasteiger partial charge is 0.459 e. The van der Waals surface area contributed by atoms with Crippen LogP contribution < -0.4 is 4.74 Å². The summed E-state index contributed by atoms with van der Waals surface area (Å²) < 4.78 is 94.1. The first-order chi connectivity index (χ1) is 11.1. The number of benzene rings is 2. The van der Waals surface area contributed by atoms with Crippen LogP contribution in [0.15, 0.2) is 48.3 Å². The maximum Gasteiger partial charge on any atom is 0.459 e. The Morgan fingerprint density at radius 2 is 1.46 bits per heavy atom. The molecule has 0 aliphatic carbocycles. The molecule has 0 atom stereocenters. The minimum Gasteiger partial charge on any atom is -0.424 e. The van der Waals surface area contributed by atoms with Crippen molar-refractivity contribution >= 4 is 0 Å². The number of hydrogen-bond donors (Lipinski definition) is 0. The molecule has 2 aromatic carbocycles. The Morgan fingerprint density at radius 3 is 2.00 bits per heavy atom. The van der Waals surface area contributed by atoms with Gasteiger partial charge in [-0.1, -0.05) is 29.8 Å². The van der Waals surface area contributed by atoms with Crippen molar-refractivity contribution in [3.05, 3.63) is 65.5 Å². The summed E-state index contributed by atoms with van der Waals surface area (Å²) in [7, 11) is 0. The van der Waals surface area contributed by atoms with E-state index in [-0.39, 0.29) is 11.1 Å². The Kier molecular flexibility index (Phi) is 4.86. The molecule has 0 saturated heterocycles.